The Kier molecular flexibility index (Phi) is 6.00. The third-order valence-corrected chi connectivity index (χ3v) is 4.65. The Balaban J connectivity index is 1.67. The Labute approximate surface area is 189 Å². The number of hydrogen-bond donors (Lipinski definition) is 3. The molecule has 0 atom stereocenters. The van der Waals surface area contributed by atoms with E-state index in [4.69, 9.17) is 4.42 Å². The minimum absolute atomic E-state index is 0.0307. The molecule has 3 N–H and O–H groups in total. The molecule has 0 spiro atoms. The second kappa shape index (κ2) is 9.06. The van der Waals surface area contributed by atoms with Crippen LogP contribution in [0.3, 0.4) is 0 Å². The molecule has 0 aliphatic carbocycles. The van der Waals surface area contributed by atoms with E-state index in [1.165, 1.54) is 24.3 Å². The molecule has 8 nitrogen and oxygen atoms in total. The number of amides is 3. The van der Waals surface area contributed by atoms with E-state index < -0.39 is 41.1 Å². The van der Waals surface area contributed by atoms with Crippen LogP contribution in [0, 0.1) is 0 Å². The van der Waals surface area contributed by atoms with Crippen LogP contribution in [0.5, 0.6) is 0 Å². The van der Waals surface area contributed by atoms with E-state index in [-0.39, 0.29) is 22.2 Å². The fraction of sp³-hybridized carbons (Fsp3) is 0.0435. The highest BCUT2D eigenvalue weighted by atomic mass is 19.4. The van der Waals surface area contributed by atoms with Gasteiger partial charge in [0.15, 0.2) is 0 Å². The zero-order chi connectivity index (χ0) is 24.3. The number of benzene rings is 2. The van der Waals surface area contributed by atoms with Gasteiger partial charge in [0.2, 0.25) is 11.5 Å². The molecular weight excluding hydrogens is 453 g/mol. The molecule has 0 aliphatic heterocycles. The minimum Gasteiger partial charge on any atom is -0.430 e. The largest absolute Gasteiger partial charge is 0.433 e. The van der Waals surface area contributed by atoms with Gasteiger partial charge in [-0.3, -0.25) is 25.2 Å². The van der Waals surface area contributed by atoms with Gasteiger partial charge >= 0.3 is 12.1 Å². The van der Waals surface area contributed by atoms with E-state index in [0.29, 0.717) is 6.07 Å². The molecule has 172 valence electrons. The first-order chi connectivity index (χ1) is 16.2. The van der Waals surface area contributed by atoms with Crippen molar-refractivity contribution in [1.82, 2.24) is 15.8 Å². The number of carbonyl (C=O) groups excluding carboxylic acids is 3. The Bertz CT molecular complexity index is 1370. The third kappa shape index (κ3) is 4.72. The van der Waals surface area contributed by atoms with E-state index in [9.17, 15) is 27.6 Å². The molecule has 2 heterocycles. The first-order valence-corrected chi connectivity index (χ1v) is 9.77. The number of alkyl halides is 3. The van der Waals surface area contributed by atoms with Crippen molar-refractivity contribution in [2.45, 2.75) is 6.18 Å². The number of hydrazine groups is 1. The van der Waals surface area contributed by atoms with Crippen LogP contribution in [-0.4, -0.2) is 22.7 Å². The third-order valence-electron chi connectivity index (χ3n) is 4.65. The zero-order valence-corrected chi connectivity index (χ0v) is 17.1. The lowest BCUT2D eigenvalue weighted by Gasteiger charge is -2.08. The summed E-state index contributed by atoms with van der Waals surface area (Å²) in [6, 6.07) is 17.7. The molecule has 4 aromatic rings. The molecule has 11 heteroatoms. The van der Waals surface area contributed by atoms with Crippen molar-refractivity contribution in [2.75, 3.05) is 5.32 Å². The first kappa shape index (κ1) is 22.5. The summed E-state index contributed by atoms with van der Waals surface area (Å²) < 4.78 is 44.5. The lowest BCUT2D eigenvalue weighted by molar-refractivity contribution is -0.141. The highest BCUT2D eigenvalue weighted by Crippen LogP contribution is 2.34. The predicted octanol–water partition coefficient (Wildman–Crippen LogP) is 4.17. The molecule has 0 saturated carbocycles. The smallest absolute Gasteiger partial charge is 0.430 e. The highest BCUT2D eigenvalue weighted by Gasteiger charge is 2.34. The van der Waals surface area contributed by atoms with Gasteiger partial charge in [-0.2, -0.15) is 13.2 Å². The van der Waals surface area contributed by atoms with Gasteiger partial charge in [0.1, 0.15) is 11.4 Å². The fourth-order valence-electron chi connectivity index (χ4n) is 3.03. The van der Waals surface area contributed by atoms with Gasteiger partial charge in [0.25, 0.3) is 11.8 Å². The number of fused-ring (bicyclic) bond motifs is 1. The van der Waals surface area contributed by atoms with Crippen molar-refractivity contribution in [3.05, 3.63) is 95.4 Å². The number of carbonyl (C=O) groups is 3. The second-order valence-electron chi connectivity index (χ2n) is 6.95. The van der Waals surface area contributed by atoms with Gasteiger partial charge in [-0.25, -0.2) is 4.98 Å². The highest BCUT2D eigenvalue weighted by molar-refractivity contribution is 6.14. The molecule has 0 bridgehead atoms. The molecule has 4 rings (SSSR count). The topological polar surface area (TPSA) is 113 Å². The average molecular weight is 468 g/mol. The van der Waals surface area contributed by atoms with Crippen LogP contribution in [0.2, 0.25) is 0 Å². The summed E-state index contributed by atoms with van der Waals surface area (Å²) in [5.74, 6) is -2.83. The van der Waals surface area contributed by atoms with Gasteiger partial charge in [0, 0.05) is 11.1 Å². The quantitative estimate of drug-likeness (QED) is 0.389. The van der Waals surface area contributed by atoms with Crippen LogP contribution in [-0.2, 0) is 6.18 Å². The van der Waals surface area contributed by atoms with E-state index in [0.717, 1.165) is 6.07 Å². The molecular formula is C23H15F3N4O4. The summed E-state index contributed by atoms with van der Waals surface area (Å²) >= 11 is 0. The van der Waals surface area contributed by atoms with E-state index in [1.54, 1.807) is 36.4 Å². The summed E-state index contributed by atoms with van der Waals surface area (Å²) in [5, 5.41) is 2.45. The lowest BCUT2D eigenvalue weighted by atomic mass is 10.2. The van der Waals surface area contributed by atoms with Crippen LogP contribution in [0.25, 0.3) is 11.1 Å². The Morgan fingerprint density at radius 3 is 1.88 bits per heavy atom. The maximum Gasteiger partial charge on any atom is 0.433 e. The second-order valence-corrected chi connectivity index (χ2v) is 6.95. The van der Waals surface area contributed by atoms with Crippen LogP contribution in [0.4, 0.5) is 18.9 Å². The number of hydrogen-bond acceptors (Lipinski definition) is 5. The zero-order valence-electron chi connectivity index (χ0n) is 17.1. The van der Waals surface area contributed by atoms with Crippen LogP contribution in [0.15, 0.2) is 77.2 Å². The summed E-state index contributed by atoms with van der Waals surface area (Å²) in [6.45, 7) is 0. The molecule has 3 amide bonds. The summed E-state index contributed by atoms with van der Waals surface area (Å²) in [5.41, 5.74) is 2.84. The number of aromatic nitrogens is 1. The van der Waals surface area contributed by atoms with Crippen LogP contribution < -0.4 is 16.2 Å². The normalized spacial score (nSPS) is 11.1. The van der Waals surface area contributed by atoms with Crippen LogP contribution in [0.1, 0.15) is 37.0 Å². The van der Waals surface area contributed by atoms with Crippen molar-refractivity contribution in [3.63, 3.8) is 0 Å². The summed E-state index contributed by atoms with van der Waals surface area (Å²) in [7, 11) is 0. The van der Waals surface area contributed by atoms with Crippen molar-refractivity contribution < 1.29 is 32.0 Å². The van der Waals surface area contributed by atoms with Gasteiger partial charge in [-0.15, -0.1) is 0 Å². The molecule has 0 aliphatic rings. The number of anilines is 1. The summed E-state index contributed by atoms with van der Waals surface area (Å²) in [4.78, 5) is 41.0. The Morgan fingerprint density at radius 2 is 1.29 bits per heavy atom. The monoisotopic (exact) mass is 468 g/mol. The molecule has 0 fully saturated rings. The number of halogens is 3. The number of furan rings is 1. The molecule has 2 aromatic carbocycles. The number of nitrogens with zero attached hydrogens (tertiary/aromatic N) is 1. The molecule has 34 heavy (non-hydrogen) atoms. The predicted molar refractivity (Wildman–Crippen MR) is 115 cm³/mol. The first-order valence-electron chi connectivity index (χ1n) is 9.77. The van der Waals surface area contributed by atoms with Gasteiger partial charge in [-0.1, -0.05) is 36.4 Å². The van der Waals surface area contributed by atoms with Crippen molar-refractivity contribution in [2.24, 2.45) is 0 Å². The van der Waals surface area contributed by atoms with E-state index >= 15 is 0 Å². The molecule has 2 aromatic heterocycles. The van der Waals surface area contributed by atoms with Crippen molar-refractivity contribution >= 4 is 34.5 Å². The van der Waals surface area contributed by atoms with E-state index in [1.807, 2.05) is 0 Å². The lowest BCUT2D eigenvalue weighted by Crippen LogP contribution is -2.41. The minimum atomic E-state index is -4.75. The Morgan fingerprint density at radius 1 is 0.735 bits per heavy atom. The average Bonchev–Trinajstić information content (AvgIpc) is 3.20. The van der Waals surface area contributed by atoms with Crippen molar-refractivity contribution in [1.29, 1.82) is 0 Å². The standard InChI is InChI=1S/C23H15F3N4O4/c24-23(25,26)16-12-11-15-17(28-19(31)13-7-3-1-4-8-13)18(34-22(15)27-16)21(33)30-29-20(32)14-9-5-2-6-10-14/h1-12H,(H,28,31)(H,29,32)(H,30,33). The van der Waals surface area contributed by atoms with Gasteiger partial charge < -0.3 is 9.73 Å². The van der Waals surface area contributed by atoms with Crippen LogP contribution >= 0.6 is 0 Å². The number of rotatable bonds is 4. The van der Waals surface area contributed by atoms with E-state index in [2.05, 4.69) is 21.2 Å². The maximum atomic E-state index is 13.1. The van der Waals surface area contributed by atoms with Gasteiger partial charge in [-0.05, 0) is 36.4 Å². The Hall–Kier alpha value is -4.67. The van der Waals surface area contributed by atoms with Crippen molar-refractivity contribution in [3.8, 4) is 0 Å². The fourth-order valence-corrected chi connectivity index (χ4v) is 3.03. The number of pyridine rings is 1. The summed E-state index contributed by atoms with van der Waals surface area (Å²) in [6.07, 6.45) is -4.75. The van der Waals surface area contributed by atoms with Gasteiger partial charge in [0.05, 0.1) is 5.39 Å². The molecule has 0 saturated heterocycles. The SMILES string of the molecule is O=C(NNC(=O)c1oc2nc(C(F)(F)F)ccc2c1NC(=O)c1ccccc1)c1ccccc1. The number of nitrogens with one attached hydrogen (secondary N) is 3. The molecule has 0 unspecified atom stereocenters. The maximum absolute atomic E-state index is 13.1. The molecule has 0 radical (unpaired) electrons.